The lowest BCUT2D eigenvalue weighted by Gasteiger charge is -2.18. The molecule has 0 amide bonds. The van der Waals surface area contributed by atoms with Crippen LogP contribution in [0.1, 0.15) is 233 Å². The third-order valence-electron chi connectivity index (χ3n) is 9.66. The van der Waals surface area contributed by atoms with Gasteiger partial charge in [0.25, 0.3) is 0 Å². The van der Waals surface area contributed by atoms with Crippen LogP contribution in [-0.4, -0.2) is 12.1 Å². The molecule has 0 radical (unpaired) electrons. The van der Waals surface area contributed by atoms with Crippen LogP contribution in [0.5, 0.6) is 0 Å². The van der Waals surface area contributed by atoms with Crippen molar-refractivity contribution in [1.82, 2.24) is 0 Å². The van der Waals surface area contributed by atoms with Gasteiger partial charge in [0.2, 0.25) is 0 Å². The number of allylic oxidation sites excluding steroid dienone is 8. The predicted octanol–water partition coefficient (Wildman–Crippen LogP) is 16.3. The monoisotopic (exact) mass is 683 g/mol. The second-order valence-corrected chi connectivity index (χ2v) is 15.2. The summed E-state index contributed by atoms with van der Waals surface area (Å²) in [6.07, 6.45) is 58.1. The van der Waals surface area contributed by atoms with E-state index in [4.69, 9.17) is 4.74 Å². The smallest absolute Gasteiger partial charge is 0.306 e. The first-order valence-corrected chi connectivity index (χ1v) is 21.9. The van der Waals surface area contributed by atoms with Gasteiger partial charge in [-0.25, -0.2) is 0 Å². The minimum atomic E-state index is 0.0499. The first kappa shape index (κ1) is 47.4. The Morgan fingerprint density at radius 1 is 0.429 bits per heavy atom. The van der Waals surface area contributed by atoms with Gasteiger partial charge >= 0.3 is 5.97 Å². The van der Waals surface area contributed by atoms with Crippen LogP contribution >= 0.6 is 0 Å². The molecule has 0 unspecified atom stereocenters. The van der Waals surface area contributed by atoms with Gasteiger partial charge in [0.1, 0.15) is 6.10 Å². The number of carbonyl (C=O) groups excluding carboxylic acids is 1. The summed E-state index contributed by atoms with van der Waals surface area (Å²) in [5.74, 6) is 0.832. The molecule has 2 nitrogen and oxygen atoms in total. The summed E-state index contributed by atoms with van der Waals surface area (Å²) < 4.78 is 6.08. The van der Waals surface area contributed by atoms with Crippen LogP contribution in [0.4, 0.5) is 0 Å². The first-order chi connectivity index (χ1) is 24.1. The molecule has 0 heterocycles. The SMILES string of the molecule is CCCCCC=CCC=CCCCCCCCCC(CCCCCCCCC=CCC=CCCCCC)OC(=O)CCCCCCC(C)C. The van der Waals surface area contributed by atoms with E-state index in [9.17, 15) is 4.79 Å². The van der Waals surface area contributed by atoms with Gasteiger partial charge in [-0.1, -0.05) is 179 Å². The standard InChI is InChI=1S/C47H86O2/c1-5-7-9-11-13-15-17-19-21-23-25-27-29-31-33-38-42-46(49-47(48)44-40-36-35-37-41-45(3)4)43-39-34-32-30-28-26-24-22-20-18-16-14-12-10-8-6-2/h13-16,19-22,45-46H,5-12,17-18,23-44H2,1-4H3. The Labute approximate surface area is 308 Å². The van der Waals surface area contributed by atoms with E-state index in [1.54, 1.807) is 0 Å². The summed E-state index contributed by atoms with van der Waals surface area (Å²) in [7, 11) is 0. The molecule has 0 aromatic heterocycles. The molecule has 0 saturated carbocycles. The molecule has 0 atom stereocenters. The third-order valence-corrected chi connectivity index (χ3v) is 9.66. The maximum absolute atomic E-state index is 12.7. The highest BCUT2D eigenvalue weighted by Crippen LogP contribution is 2.19. The average Bonchev–Trinajstić information content (AvgIpc) is 3.09. The minimum Gasteiger partial charge on any atom is -0.462 e. The normalized spacial score (nSPS) is 12.9. The molecule has 0 aliphatic rings. The summed E-state index contributed by atoms with van der Waals surface area (Å²) in [6.45, 7) is 9.12. The van der Waals surface area contributed by atoms with Crippen LogP contribution in [0.2, 0.25) is 0 Å². The summed E-state index contributed by atoms with van der Waals surface area (Å²) in [5, 5.41) is 0. The van der Waals surface area contributed by atoms with Crippen LogP contribution in [0.3, 0.4) is 0 Å². The number of hydrogen-bond acceptors (Lipinski definition) is 2. The van der Waals surface area contributed by atoms with E-state index in [2.05, 4.69) is 76.3 Å². The van der Waals surface area contributed by atoms with Crippen LogP contribution in [-0.2, 0) is 9.53 Å². The van der Waals surface area contributed by atoms with Crippen molar-refractivity contribution in [2.75, 3.05) is 0 Å². The largest absolute Gasteiger partial charge is 0.462 e. The highest BCUT2D eigenvalue weighted by atomic mass is 16.5. The summed E-state index contributed by atoms with van der Waals surface area (Å²) >= 11 is 0. The Hall–Kier alpha value is -1.57. The third kappa shape index (κ3) is 40.7. The Balaban J connectivity index is 4.13. The number of unbranched alkanes of at least 4 members (excludes halogenated alkanes) is 21. The van der Waals surface area contributed by atoms with E-state index in [1.807, 2.05) is 0 Å². The van der Waals surface area contributed by atoms with Gasteiger partial charge in [0.05, 0.1) is 0 Å². The fourth-order valence-electron chi connectivity index (χ4n) is 6.40. The molecule has 49 heavy (non-hydrogen) atoms. The van der Waals surface area contributed by atoms with Gasteiger partial charge in [-0.3, -0.25) is 4.79 Å². The molecule has 0 rings (SSSR count). The molecule has 0 bridgehead atoms. The van der Waals surface area contributed by atoms with Crippen molar-refractivity contribution in [3.8, 4) is 0 Å². The van der Waals surface area contributed by atoms with Gasteiger partial charge in [0, 0.05) is 6.42 Å². The van der Waals surface area contributed by atoms with Crippen molar-refractivity contribution < 1.29 is 9.53 Å². The van der Waals surface area contributed by atoms with Gasteiger partial charge in [-0.15, -0.1) is 0 Å². The zero-order valence-electron chi connectivity index (χ0n) is 33.7. The number of carbonyl (C=O) groups is 1. The topological polar surface area (TPSA) is 26.3 Å². The van der Waals surface area contributed by atoms with Crippen LogP contribution in [0, 0.1) is 5.92 Å². The quantitative estimate of drug-likeness (QED) is 0.0368. The maximum Gasteiger partial charge on any atom is 0.306 e. The fraction of sp³-hybridized carbons (Fsp3) is 0.809. The van der Waals surface area contributed by atoms with E-state index in [0.717, 1.165) is 44.4 Å². The Bertz CT molecular complexity index is 725. The Kier molecular flexibility index (Phi) is 39.5. The first-order valence-electron chi connectivity index (χ1n) is 21.9. The number of esters is 1. The van der Waals surface area contributed by atoms with Crippen molar-refractivity contribution in [3.63, 3.8) is 0 Å². The lowest BCUT2D eigenvalue weighted by Crippen LogP contribution is -2.18. The number of ether oxygens (including phenoxy) is 1. The molecule has 286 valence electrons. The molecule has 0 aliphatic carbocycles. The zero-order chi connectivity index (χ0) is 35.7. The number of rotatable bonds is 38. The fourth-order valence-corrected chi connectivity index (χ4v) is 6.40. The second kappa shape index (κ2) is 40.9. The Morgan fingerprint density at radius 2 is 0.776 bits per heavy atom. The van der Waals surface area contributed by atoms with Crippen LogP contribution < -0.4 is 0 Å². The van der Waals surface area contributed by atoms with Gasteiger partial charge in [0.15, 0.2) is 0 Å². The van der Waals surface area contributed by atoms with E-state index >= 15 is 0 Å². The highest BCUT2D eigenvalue weighted by Gasteiger charge is 2.14. The average molecular weight is 683 g/mol. The summed E-state index contributed by atoms with van der Waals surface area (Å²) in [6, 6.07) is 0. The molecule has 0 saturated heterocycles. The van der Waals surface area contributed by atoms with E-state index in [1.165, 1.54) is 161 Å². The molecule has 2 heteroatoms. The highest BCUT2D eigenvalue weighted by molar-refractivity contribution is 5.69. The molecular weight excluding hydrogens is 597 g/mol. The maximum atomic E-state index is 12.7. The van der Waals surface area contributed by atoms with Gasteiger partial charge in [-0.05, 0) is 102 Å². The number of hydrogen-bond donors (Lipinski definition) is 0. The molecular formula is C47H86O2. The van der Waals surface area contributed by atoms with Crippen LogP contribution in [0.15, 0.2) is 48.6 Å². The minimum absolute atomic E-state index is 0.0499. The predicted molar refractivity (Wildman–Crippen MR) is 220 cm³/mol. The van der Waals surface area contributed by atoms with E-state index in [0.29, 0.717) is 6.42 Å². The van der Waals surface area contributed by atoms with Crippen molar-refractivity contribution in [1.29, 1.82) is 0 Å². The van der Waals surface area contributed by atoms with Crippen molar-refractivity contribution >= 4 is 5.97 Å². The van der Waals surface area contributed by atoms with E-state index < -0.39 is 0 Å². The zero-order valence-corrected chi connectivity index (χ0v) is 33.7. The molecule has 0 aromatic rings. The molecule has 0 aromatic carbocycles. The summed E-state index contributed by atoms with van der Waals surface area (Å²) in [4.78, 5) is 12.7. The van der Waals surface area contributed by atoms with Gasteiger partial charge < -0.3 is 4.74 Å². The van der Waals surface area contributed by atoms with Crippen LogP contribution in [0.25, 0.3) is 0 Å². The Morgan fingerprint density at radius 3 is 1.18 bits per heavy atom. The van der Waals surface area contributed by atoms with Crippen molar-refractivity contribution in [2.24, 2.45) is 5.92 Å². The molecule has 0 spiro atoms. The lowest BCUT2D eigenvalue weighted by atomic mass is 10.0. The van der Waals surface area contributed by atoms with Gasteiger partial charge in [-0.2, -0.15) is 0 Å². The van der Waals surface area contributed by atoms with Crippen molar-refractivity contribution in [3.05, 3.63) is 48.6 Å². The molecule has 0 aliphatic heterocycles. The second-order valence-electron chi connectivity index (χ2n) is 15.2. The molecule has 0 fully saturated rings. The lowest BCUT2D eigenvalue weighted by molar-refractivity contribution is -0.150. The molecule has 0 N–H and O–H groups in total. The van der Waals surface area contributed by atoms with E-state index in [-0.39, 0.29) is 12.1 Å². The van der Waals surface area contributed by atoms with Crippen molar-refractivity contribution in [2.45, 2.75) is 239 Å². The summed E-state index contributed by atoms with van der Waals surface area (Å²) in [5.41, 5.74) is 0.